The molecule has 0 rings (SSSR count). The highest BCUT2D eigenvalue weighted by Crippen LogP contribution is 2.11. The first-order chi connectivity index (χ1) is 7.60. The van der Waals surface area contributed by atoms with Crippen molar-refractivity contribution in [1.29, 1.82) is 0 Å². The van der Waals surface area contributed by atoms with E-state index >= 15 is 0 Å². The number of hydrogen-bond donors (Lipinski definition) is 5. The third-order valence-electron chi connectivity index (χ3n) is 1.52. The Morgan fingerprint density at radius 2 is 1.88 bits per heavy atom. The van der Waals surface area contributed by atoms with Gasteiger partial charge in [0.2, 0.25) is 0 Å². The molecule has 1 unspecified atom stereocenters. The van der Waals surface area contributed by atoms with E-state index in [1.54, 1.807) is 0 Å². The molecule has 0 fully saturated rings. The van der Waals surface area contributed by atoms with Crippen molar-refractivity contribution in [2.45, 2.75) is 18.6 Å². The van der Waals surface area contributed by atoms with Crippen LogP contribution in [0.2, 0.25) is 6.04 Å². The lowest BCUT2D eigenvalue weighted by atomic mass is 10.4. The van der Waals surface area contributed by atoms with Crippen LogP contribution in [0.1, 0.15) is 6.42 Å². The Kier molecular flexibility index (Phi) is 7.78. The molecule has 0 spiro atoms. The van der Waals surface area contributed by atoms with Gasteiger partial charge in [0.25, 0.3) is 0 Å². The summed E-state index contributed by atoms with van der Waals surface area (Å²) in [7, 11) is -8.01. The Balaban J connectivity index is 3.49. The highest BCUT2D eigenvalue weighted by atomic mass is 33.1. The summed E-state index contributed by atoms with van der Waals surface area (Å²) in [4.78, 5) is 25.9. The summed E-state index contributed by atoms with van der Waals surface area (Å²) in [6, 6.07) is -0.164. The van der Waals surface area contributed by atoms with Crippen molar-refractivity contribution in [1.82, 2.24) is 0 Å². The molecule has 104 valence electrons. The lowest BCUT2D eigenvalue weighted by Crippen LogP contribution is -2.34. The molecule has 8 nitrogen and oxygen atoms in total. The van der Waals surface area contributed by atoms with Crippen LogP contribution in [-0.4, -0.2) is 66.3 Å². The van der Waals surface area contributed by atoms with E-state index in [1.165, 1.54) is 0 Å². The molecule has 17 heavy (non-hydrogen) atoms. The minimum atomic E-state index is -4.17. The van der Waals surface area contributed by atoms with Crippen molar-refractivity contribution >= 4 is 28.7 Å². The summed E-state index contributed by atoms with van der Waals surface area (Å²) >= 11 is 0. The number of rotatable bonds is 9. The third kappa shape index (κ3) is 14.2. The normalized spacial score (nSPS) is 14.9. The third-order valence-corrected chi connectivity index (χ3v) is 4.67. The zero-order valence-electron chi connectivity index (χ0n) is 8.89. The van der Waals surface area contributed by atoms with Crippen LogP contribution in [0.5, 0.6) is 0 Å². The van der Waals surface area contributed by atoms with E-state index in [0.717, 1.165) is 0 Å². The predicted octanol–water partition coefficient (Wildman–Crippen LogP) is -1.79. The highest BCUT2D eigenvalue weighted by Gasteiger charge is 2.25. The molecule has 0 aromatic rings. The second kappa shape index (κ2) is 7.65. The molecular formula is C6H16O8S2Si. The van der Waals surface area contributed by atoms with Gasteiger partial charge >= 0.3 is 18.0 Å². The van der Waals surface area contributed by atoms with Gasteiger partial charge in [-0.2, -0.15) is 8.42 Å². The van der Waals surface area contributed by atoms with Crippen molar-refractivity contribution < 1.29 is 37.2 Å². The van der Waals surface area contributed by atoms with Crippen LogP contribution in [0.15, 0.2) is 0 Å². The molecule has 11 heteroatoms. The lowest BCUT2D eigenvalue weighted by molar-refractivity contribution is 0.0477. The SMILES string of the molecule is O=S(=O)(O)SCC(O)COCCC[Si](O)(O)O. The van der Waals surface area contributed by atoms with Gasteiger partial charge in [-0.05, 0) is 17.2 Å². The van der Waals surface area contributed by atoms with Gasteiger partial charge < -0.3 is 24.2 Å². The molecule has 1 atom stereocenters. The van der Waals surface area contributed by atoms with Gasteiger partial charge in [-0.25, -0.2) is 0 Å². The van der Waals surface area contributed by atoms with E-state index in [1.807, 2.05) is 0 Å². The molecular weight excluding hydrogens is 292 g/mol. The maximum absolute atomic E-state index is 10.3. The Morgan fingerprint density at radius 3 is 2.35 bits per heavy atom. The number of aliphatic hydroxyl groups excluding tert-OH is 1. The summed E-state index contributed by atoms with van der Waals surface area (Å²) in [5.74, 6) is -0.225. The Bertz CT molecular complexity index is 300. The van der Waals surface area contributed by atoms with E-state index in [4.69, 9.17) is 23.7 Å². The van der Waals surface area contributed by atoms with Crippen LogP contribution in [0.25, 0.3) is 0 Å². The molecule has 5 N–H and O–H groups in total. The van der Waals surface area contributed by atoms with Crippen LogP contribution < -0.4 is 0 Å². The quantitative estimate of drug-likeness (QED) is 0.144. The van der Waals surface area contributed by atoms with Crippen LogP contribution in [0, 0.1) is 0 Å². The molecule has 0 heterocycles. The summed E-state index contributed by atoms with van der Waals surface area (Å²) in [5, 5.41) is 9.21. The topological polar surface area (TPSA) is 145 Å². The van der Waals surface area contributed by atoms with Gasteiger partial charge in [0, 0.05) is 18.4 Å². The fourth-order valence-electron chi connectivity index (χ4n) is 0.843. The molecule has 0 amide bonds. The molecule has 0 saturated heterocycles. The van der Waals surface area contributed by atoms with Crippen LogP contribution >= 0.6 is 10.8 Å². The van der Waals surface area contributed by atoms with Gasteiger partial charge in [-0.15, -0.1) is 0 Å². The summed E-state index contributed by atoms with van der Waals surface area (Å²) < 4.78 is 33.9. The lowest BCUT2D eigenvalue weighted by Gasteiger charge is -2.11. The molecule has 0 bridgehead atoms. The zero-order valence-corrected chi connectivity index (χ0v) is 11.5. The Morgan fingerprint density at radius 1 is 1.29 bits per heavy atom. The van der Waals surface area contributed by atoms with Gasteiger partial charge in [0.05, 0.1) is 12.7 Å². The maximum Gasteiger partial charge on any atom is 0.492 e. The Labute approximate surface area is 104 Å². The number of ether oxygens (including phenoxy) is 1. The van der Waals surface area contributed by atoms with Crippen LogP contribution in [0.4, 0.5) is 0 Å². The maximum atomic E-state index is 10.3. The van der Waals surface area contributed by atoms with Crippen LogP contribution in [0.3, 0.4) is 0 Å². The molecule has 0 aliphatic rings. The van der Waals surface area contributed by atoms with E-state index in [2.05, 4.69) is 0 Å². The minimum Gasteiger partial charge on any atom is -0.390 e. The van der Waals surface area contributed by atoms with E-state index < -0.39 is 24.1 Å². The first kappa shape index (κ1) is 17.3. The van der Waals surface area contributed by atoms with E-state index in [9.17, 15) is 13.5 Å². The van der Waals surface area contributed by atoms with Crippen molar-refractivity contribution in [3.05, 3.63) is 0 Å². The zero-order chi connectivity index (χ0) is 13.5. The van der Waals surface area contributed by atoms with Crippen LogP contribution in [-0.2, 0) is 13.9 Å². The van der Waals surface area contributed by atoms with E-state index in [-0.39, 0.29) is 42.2 Å². The standard InChI is InChI=1S/C6H16O8S2Si/c7-6(5-15-16(8,9)10)4-14-2-1-3-17(11,12)13/h6-7,11-13H,1-5H2,(H,8,9,10). The number of aliphatic hydroxyl groups is 1. The molecule has 0 saturated carbocycles. The smallest absolute Gasteiger partial charge is 0.390 e. The van der Waals surface area contributed by atoms with Crippen molar-refractivity contribution in [2.24, 2.45) is 0 Å². The molecule has 0 aromatic heterocycles. The van der Waals surface area contributed by atoms with Crippen molar-refractivity contribution in [3.8, 4) is 0 Å². The molecule has 0 aliphatic heterocycles. The van der Waals surface area contributed by atoms with E-state index in [0.29, 0.717) is 0 Å². The first-order valence-corrected chi connectivity index (χ1v) is 9.64. The monoisotopic (exact) mass is 308 g/mol. The fraction of sp³-hybridized carbons (Fsp3) is 1.00. The molecule has 0 radical (unpaired) electrons. The summed E-state index contributed by atoms with van der Waals surface area (Å²) in [6.07, 6.45) is -0.838. The van der Waals surface area contributed by atoms with Gasteiger partial charge in [-0.1, -0.05) is 0 Å². The second-order valence-corrected chi connectivity index (χ2v) is 8.76. The number of hydrogen-bond acceptors (Lipinski definition) is 8. The first-order valence-electron chi connectivity index (χ1n) is 4.65. The summed E-state index contributed by atoms with van der Waals surface area (Å²) in [5.41, 5.74) is 0. The predicted molar refractivity (Wildman–Crippen MR) is 62.7 cm³/mol. The van der Waals surface area contributed by atoms with Gasteiger partial charge in [0.15, 0.2) is 0 Å². The highest BCUT2D eigenvalue weighted by molar-refractivity contribution is 8.69. The summed E-state index contributed by atoms with van der Waals surface area (Å²) in [6.45, 7) is -0.0383. The van der Waals surface area contributed by atoms with Crippen molar-refractivity contribution in [3.63, 3.8) is 0 Å². The average molecular weight is 308 g/mol. The van der Waals surface area contributed by atoms with Gasteiger partial charge in [0.1, 0.15) is 0 Å². The van der Waals surface area contributed by atoms with Crippen molar-refractivity contribution in [2.75, 3.05) is 19.0 Å². The Hall–Kier alpha value is 0.277. The fourth-order valence-corrected chi connectivity index (χ4v) is 2.87. The minimum absolute atomic E-state index is 0.101. The largest absolute Gasteiger partial charge is 0.492 e. The second-order valence-electron chi connectivity index (χ2n) is 3.32. The average Bonchev–Trinajstić information content (AvgIpc) is 2.11. The molecule has 0 aromatic carbocycles. The van der Waals surface area contributed by atoms with Gasteiger partial charge in [-0.3, -0.25) is 4.55 Å². The molecule has 0 aliphatic carbocycles.